The van der Waals surface area contributed by atoms with Crippen LogP contribution in [0, 0.1) is 0 Å². The van der Waals surface area contributed by atoms with Crippen molar-refractivity contribution in [3.63, 3.8) is 0 Å². The van der Waals surface area contributed by atoms with E-state index < -0.39 is 5.54 Å². The second-order valence-corrected chi connectivity index (χ2v) is 7.13. The molecule has 22 heavy (non-hydrogen) atoms. The number of benzene rings is 1. The maximum absolute atomic E-state index is 11.4. The first-order valence-corrected chi connectivity index (χ1v) is 8.32. The molecule has 0 radical (unpaired) electrons. The summed E-state index contributed by atoms with van der Waals surface area (Å²) in [5.74, 6) is 0.136. The van der Waals surface area contributed by atoms with Crippen molar-refractivity contribution in [1.29, 1.82) is 0 Å². The molecule has 0 spiro atoms. The second kappa shape index (κ2) is 7.42. The van der Waals surface area contributed by atoms with Crippen molar-refractivity contribution in [1.82, 2.24) is 0 Å². The van der Waals surface area contributed by atoms with Crippen LogP contribution in [-0.2, 0) is 11.2 Å². The highest BCUT2D eigenvalue weighted by molar-refractivity contribution is 8.04. The van der Waals surface area contributed by atoms with Crippen LogP contribution in [0.3, 0.4) is 0 Å². The zero-order valence-corrected chi connectivity index (χ0v) is 13.6. The van der Waals surface area contributed by atoms with Crippen molar-refractivity contribution in [3.05, 3.63) is 46.4 Å². The second-order valence-electron chi connectivity index (χ2n) is 5.89. The fourth-order valence-corrected chi connectivity index (χ4v) is 3.55. The van der Waals surface area contributed by atoms with Gasteiger partial charge in [0.15, 0.2) is 5.78 Å². The van der Waals surface area contributed by atoms with Gasteiger partial charge in [0.2, 0.25) is 0 Å². The number of aliphatic hydroxyl groups is 2. The van der Waals surface area contributed by atoms with Crippen LogP contribution in [0.25, 0.3) is 0 Å². The molecule has 1 aromatic carbocycles. The van der Waals surface area contributed by atoms with E-state index in [1.807, 2.05) is 6.08 Å². The van der Waals surface area contributed by atoms with Crippen LogP contribution in [-0.4, -0.2) is 34.7 Å². The summed E-state index contributed by atoms with van der Waals surface area (Å²) in [4.78, 5) is 12.2. The van der Waals surface area contributed by atoms with Gasteiger partial charge >= 0.3 is 0 Å². The largest absolute Gasteiger partial charge is 0.394 e. The zero-order valence-electron chi connectivity index (χ0n) is 12.8. The van der Waals surface area contributed by atoms with Gasteiger partial charge in [-0.3, -0.25) is 4.79 Å². The van der Waals surface area contributed by atoms with E-state index in [1.165, 1.54) is 5.56 Å². The normalized spacial score (nSPS) is 18.4. The van der Waals surface area contributed by atoms with Gasteiger partial charge in [-0.05, 0) is 37.3 Å². The van der Waals surface area contributed by atoms with Crippen LogP contribution in [0.5, 0.6) is 0 Å². The first-order valence-electron chi connectivity index (χ1n) is 7.44. The SMILES string of the molecule is CC(=O)C1=CCC(c2ccc(CCC(N)(CO)CO)cc2)S1. The van der Waals surface area contributed by atoms with Gasteiger partial charge in [-0.1, -0.05) is 30.3 Å². The van der Waals surface area contributed by atoms with Gasteiger partial charge < -0.3 is 15.9 Å². The summed E-state index contributed by atoms with van der Waals surface area (Å²) in [6, 6.07) is 8.27. The molecule has 0 amide bonds. The molecule has 1 heterocycles. The highest BCUT2D eigenvalue weighted by Gasteiger charge is 2.23. The van der Waals surface area contributed by atoms with Crippen LogP contribution >= 0.6 is 11.8 Å². The van der Waals surface area contributed by atoms with E-state index >= 15 is 0 Å². The number of ketones is 1. The number of carbonyl (C=O) groups excluding carboxylic acids is 1. The first kappa shape index (κ1) is 17.2. The molecule has 1 aromatic rings. The molecule has 1 atom stereocenters. The van der Waals surface area contributed by atoms with Gasteiger partial charge in [-0.2, -0.15) is 0 Å². The quantitative estimate of drug-likeness (QED) is 0.715. The number of carbonyl (C=O) groups is 1. The molecule has 0 saturated carbocycles. The van der Waals surface area contributed by atoms with Crippen LogP contribution in [0.1, 0.15) is 36.1 Å². The standard InChI is InChI=1S/C17H23NO3S/c1-12(21)15-6-7-16(22-15)14-4-2-13(3-5-14)8-9-17(18,10-19)11-20/h2-6,16,19-20H,7-11,18H2,1H3. The minimum atomic E-state index is -0.916. The van der Waals surface area contributed by atoms with Gasteiger partial charge in [0.25, 0.3) is 0 Å². The Labute approximate surface area is 135 Å². The average Bonchev–Trinajstić information content (AvgIpc) is 3.03. The van der Waals surface area contributed by atoms with E-state index in [0.29, 0.717) is 18.1 Å². The summed E-state index contributed by atoms with van der Waals surface area (Å²) in [7, 11) is 0. The lowest BCUT2D eigenvalue weighted by Crippen LogP contribution is -2.47. The van der Waals surface area contributed by atoms with E-state index in [-0.39, 0.29) is 19.0 Å². The highest BCUT2D eigenvalue weighted by Crippen LogP contribution is 2.43. The van der Waals surface area contributed by atoms with Crippen molar-refractivity contribution in [3.8, 4) is 0 Å². The molecule has 1 unspecified atom stereocenters. The van der Waals surface area contributed by atoms with Crippen molar-refractivity contribution in [2.75, 3.05) is 13.2 Å². The fourth-order valence-electron chi connectivity index (χ4n) is 2.39. The van der Waals surface area contributed by atoms with E-state index in [2.05, 4.69) is 24.3 Å². The maximum Gasteiger partial charge on any atom is 0.165 e. The lowest BCUT2D eigenvalue weighted by atomic mass is 9.93. The van der Waals surface area contributed by atoms with Gasteiger partial charge in [-0.25, -0.2) is 0 Å². The minimum absolute atomic E-state index is 0.136. The molecule has 2 rings (SSSR count). The van der Waals surface area contributed by atoms with Crippen molar-refractivity contribution in [2.24, 2.45) is 5.73 Å². The summed E-state index contributed by atoms with van der Waals surface area (Å²) in [6.07, 6.45) is 4.15. The number of Topliss-reactive ketones (excluding diaryl/α,β-unsaturated/α-hetero) is 1. The van der Waals surface area contributed by atoms with Gasteiger partial charge in [0.1, 0.15) is 0 Å². The molecule has 0 aromatic heterocycles. The number of aryl methyl sites for hydroxylation is 1. The molecule has 4 nitrogen and oxygen atoms in total. The Morgan fingerprint density at radius 3 is 2.45 bits per heavy atom. The predicted octanol–water partition coefficient (Wildman–Crippen LogP) is 1.95. The number of aliphatic hydroxyl groups excluding tert-OH is 2. The first-order chi connectivity index (χ1) is 10.5. The van der Waals surface area contributed by atoms with Crippen molar-refractivity contribution < 1.29 is 15.0 Å². The summed E-state index contributed by atoms with van der Waals surface area (Å²) in [5.41, 5.74) is 7.30. The molecule has 0 aliphatic carbocycles. The third-order valence-electron chi connectivity index (χ3n) is 4.03. The Hall–Kier alpha value is -1.14. The molecule has 0 fully saturated rings. The van der Waals surface area contributed by atoms with Crippen LogP contribution in [0.4, 0.5) is 0 Å². The molecular formula is C17H23NO3S. The molecule has 0 bridgehead atoms. The van der Waals surface area contributed by atoms with Crippen molar-refractivity contribution >= 4 is 17.5 Å². The summed E-state index contributed by atoms with van der Waals surface area (Å²) < 4.78 is 0. The molecule has 4 N–H and O–H groups in total. The highest BCUT2D eigenvalue weighted by atomic mass is 32.2. The predicted molar refractivity (Wildman–Crippen MR) is 89.6 cm³/mol. The molecule has 120 valence electrons. The Bertz CT molecular complexity index is 550. The van der Waals surface area contributed by atoms with Gasteiger partial charge in [0.05, 0.1) is 18.8 Å². The van der Waals surface area contributed by atoms with Gasteiger partial charge in [0, 0.05) is 10.2 Å². The number of nitrogens with two attached hydrogens (primary N) is 1. The van der Waals surface area contributed by atoms with E-state index in [9.17, 15) is 15.0 Å². The Morgan fingerprint density at radius 2 is 1.95 bits per heavy atom. The van der Waals surface area contributed by atoms with E-state index in [0.717, 1.165) is 16.9 Å². The Balaban J connectivity index is 1.93. The molecular weight excluding hydrogens is 298 g/mol. The smallest absolute Gasteiger partial charge is 0.165 e. The van der Waals surface area contributed by atoms with Crippen molar-refractivity contribution in [2.45, 2.75) is 37.0 Å². The lowest BCUT2D eigenvalue weighted by Gasteiger charge is -2.24. The lowest BCUT2D eigenvalue weighted by molar-refractivity contribution is -0.112. The third kappa shape index (κ3) is 4.20. The fraction of sp³-hybridized carbons (Fsp3) is 0.471. The number of thioether (sulfide) groups is 1. The minimum Gasteiger partial charge on any atom is -0.394 e. The zero-order chi connectivity index (χ0) is 16.2. The maximum atomic E-state index is 11.4. The summed E-state index contributed by atoms with van der Waals surface area (Å²) in [5, 5.41) is 18.7. The summed E-state index contributed by atoms with van der Waals surface area (Å²) >= 11 is 1.63. The van der Waals surface area contributed by atoms with Crippen LogP contribution in [0.15, 0.2) is 35.2 Å². The van der Waals surface area contributed by atoms with E-state index in [1.54, 1.807) is 18.7 Å². The molecule has 0 saturated heterocycles. The number of hydrogen-bond acceptors (Lipinski definition) is 5. The van der Waals surface area contributed by atoms with Crippen LogP contribution in [0.2, 0.25) is 0 Å². The summed E-state index contributed by atoms with van der Waals surface area (Å²) in [6.45, 7) is 1.16. The average molecular weight is 321 g/mol. The van der Waals surface area contributed by atoms with Gasteiger partial charge in [-0.15, -0.1) is 11.8 Å². The molecule has 1 aliphatic rings. The van der Waals surface area contributed by atoms with Crippen LogP contribution < -0.4 is 5.73 Å². The Kier molecular flexibility index (Phi) is 5.81. The number of rotatable bonds is 7. The molecule has 1 aliphatic heterocycles. The number of hydrogen-bond donors (Lipinski definition) is 3. The molecule has 5 heteroatoms. The topological polar surface area (TPSA) is 83.6 Å². The third-order valence-corrected chi connectivity index (χ3v) is 5.48. The Morgan fingerprint density at radius 1 is 1.32 bits per heavy atom. The van der Waals surface area contributed by atoms with E-state index in [4.69, 9.17) is 5.73 Å². The number of allylic oxidation sites excluding steroid dienone is 2. The monoisotopic (exact) mass is 321 g/mol.